The third-order valence-electron chi connectivity index (χ3n) is 4.58. The topological polar surface area (TPSA) is 83.6 Å². The predicted octanol–water partition coefficient (Wildman–Crippen LogP) is 2.87. The molecular weight excluding hydrogens is 403 g/mol. The molecule has 0 bridgehead atoms. The molecule has 0 radical (unpaired) electrons. The van der Waals surface area contributed by atoms with E-state index in [1.807, 2.05) is 13.0 Å². The van der Waals surface area contributed by atoms with Crippen molar-refractivity contribution < 1.29 is 21.2 Å². The number of benzene rings is 2. The number of halogens is 1. The monoisotopic (exact) mass is 426 g/mol. The largest absolute Gasteiger partial charge is 0.283 e. The third-order valence-corrected chi connectivity index (χ3v) is 7.86. The van der Waals surface area contributed by atoms with Crippen molar-refractivity contribution in [3.63, 3.8) is 0 Å². The average molecular weight is 427 g/mol. The van der Waals surface area contributed by atoms with Crippen LogP contribution in [0.25, 0.3) is 0 Å². The Balaban J connectivity index is 1.75. The Hall–Kier alpha value is -1.97. The lowest BCUT2D eigenvalue weighted by Crippen LogP contribution is -2.37. The average Bonchev–Trinajstić information content (AvgIpc) is 2.62. The molecule has 6 nitrogen and oxygen atoms in total. The number of sulfonamides is 2. The highest BCUT2D eigenvalue weighted by Gasteiger charge is 2.26. The van der Waals surface area contributed by atoms with Gasteiger partial charge in [-0.15, -0.1) is 0 Å². The molecule has 3 rings (SSSR count). The summed E-state index contributed by atoms with van der Waals surface area (Å²) >= 11 is 0. The summed E-state index contributed by atoms with van der Waals surface area (Å²) in [6.07, 6.45) is 1.15. The molecule has 28 heavy (non-hydrogen) atoms. The highest BCUT2D eigenvalue weighted by molar-refractivity contribution is 7.91. The van der Waals surface area contributed by atoms with E-state index < -0.39 is 25.9 Å². The molecule has 9 heteroatoms. The molecular formula is C19H23FN2O4S2. The smallest absolute Gasteiger partial charge is 0.236 e. The van der Waals surface area contributed by atoms with Gasteiger partial charge in [0.15, 0.2) is 0 Å². The molecule has 1 aliphatic heterocycles. The molecule has 0 unspecified atom stereocenters. The first-order valence-corrected chi connectivity index (χ1v) is 12.3. The molecule has 1 aliphatic rings. The third kappa shape index (κ3) is 5.09. The van der Waals surface area contributed by atoms with Gasteiger partial charge in [0.1, 0.15) is 5.82 Å². The van der Waals surface area contributed by atoms with Crippen LogP contribution in [0.15, 0.2) is 42.5 Å². The van der Waals surface area contributed by atoms with E-state index >= 15 is 0 Å². The number of fused-ring (bicyclic) bond motifs is 1. The second-order valence-corrected chi connectivity index (χ2v) is 10.7. The Kier molecular flexibility index (Phi) is 6.07. The van der Waals surface area contributed by atoms with Gasteiger partial charge >= 0.3 is 0 Å². The van der Waals surface area contributed by atoms with Gasteiger partial charge in [-0.1, -0.05) is 25.1 Å². The Morgan fingerprint density at radius 3 is 2.43 bits per heavy atom. The number of hydrogen-bond acceptors (Lipinski definition) is 4. The lowest BCUT2D eigenvalue weighted by molar-refractivity contribution is 0.391. The molecule has 2 aromatic carbocycles. The molecule has 152 valence electrons. The van der Waals surface area contributed by atoms with Crippen molar-refractivity contribution in [3.8, 4) is 0 Å². The lowest BCUT2D eigenvalue weighted by atomic mass is 10.0. The Labute approximate surface area is 165 Å². The quantitative estimate of drug-likeness (QED) is 0.738. The van der Waals surface area contributed by atoms with Crippen molar-refractivity contribution in [2.75, 3.05) is 17.0 Å². The second-order valence-electron chi connectivity index (χ2n) is 6.87. The van der Waals surface area contributed by atoms with Crippen LogP contribution in [0.4, 0.5) is 10.1 Å². The maximum atomic E-state index is 13.0. The van der Waals surface area contributed by atoms with Crippen LogP contribution in [0.5, 0.6) is 0 Å². The van der Waals surface area contributed by atoms with Crippen LogP contribution in [0, 0.1) is 5.82 Å². The highest BCUT2D eigenvalue weighted by Crippen LogP contribution is 2.25. The van der Waals surface area contributed by atoms with Gasteiger partial charge in [0.05, 0.1) is 11.5 Å². The fraction of sp³-hybridized carbons (Fsp3) is 0.368. The van der Waals surface area contributed by atoms with E-state index in [0.717, 1.165) is 11.1 Å². The van der Waals surface area contributed by atoms with E-state index in [2.05, 4.69) is 4.72 Å². The molecule has 0 fully saturated rings. The SMILES string of the molecule is CCCS(=O)(=O)N1CCc2ccc(NS(=O)(=O)Cc3ccc(F)cc3)cc2C1. The van der Waals surface area contributed by atoms with Gasteiger partial charge < -0.3 is 0 Å². The lowest BCUT2D eigenvalue weighted by Gasteiger charge is -2.28. The molecule has 0 spiro atoms. The minimum atomic E-state index is -3.68. The summed E-state index contributed by atoms with van der Waals surface area (Å²) in [6.45, 7) is 2.50. The van der Waals surface area contributed by atoms with E-state index in [1.165, 1.54) is 28.6 Å². The summed E-state index contributed by atoms with van der Waals surface area (Å²) in [7, 11) is -6.99. The van der Waals surface area contributed by atoms with Gasteiger partial charge in [0, 0.05) is 18.8 Å². The standard InChI is InChI=1S/C19H23FN2O4S2/c1-2-11-28(25,26)22-10-9-16-5-8-19(12-17(16)13-22)21-27(23,24)14-15-3-6-18(20)7-4-15/h3-8,12,21H,2,9-11,13-14H2,1H3. The van der Waals surface area contributed by atoms with E-state index in [-0.39, 0.29) is 18.1 Å². The van der Waals surface area contributed by atoms with E-state index in [1.54, 1.807) is 12.1 Å². The molecule has 0 saturated heterocycles. The van der Waals surface area contributed by atoms with Gasteiger partial charge in [0.25, 0.3) is 0 Å². The van der Waals surface area contributed by atoms with Crippen molar-refractivity contribution in [1.29, 1.82) is 0 Å². The van der Waals surface area contributed by atoms with Crippen LogP contribution in [-0.2, 0) is 38.8 Å². The predicted molar refractivity (Wildman–Crippen MR) is 107 cm³/mol. The fourth-order valence-electron chi connectivity index (χ4n) is 3.23. The fourth-order valence-corrected chi connectivity index (χ4v) is 5.90. The molecule has 0 aliphatic carbocycles. The number of hydrogen-bond donors (Lipinski definition) is 1. The highest BCUT2D eigenvalue weighted by atomic mass is 32.2. The summed E-state index contributed by atoms with van der Waals surface area (Å²) in [5.41, 5.74) is 2.68. The van der Waals surface area contributed by atoms with Gasteiger partial charge in [-0.2, -0.15) is 4.31 Å². The van der Waals surface area contributed by atoms with E-state index in [0.29, 0.717) is 30.6 Å². The molecule has 0 saturated carbocycles. The maximum absolute atomic E-state index is 13.0. The van der Waals surface area contributed by atoms with Crippen LogP contribution in [0.2, 0.25) is 0 Å². The Morgan fingerprint density at radius 2 is 1.75 bits per heavy atom. The normalized spacial score (nSPS) is 15.2. The van der Waals surface area contributed by atoms with Crippen LogP contribution >= 0.6 is 0 Å². The second kappa shape index (κ2) is 8.18. The Morgan fingerprint density at radius 1 is 1.04 bits per heavy atom. The molecule has 2 aromatic rings. The minimum Gasteiger partial charge on any atom is -0.283 e. The van der Waals surface area contributed by atoms with Gasteiger partial charge in [-0.25, -0.2) is 21.2 Å². The van der Waals surface area contributed by atoms with Crippen molar-refractivity contribution in [3.05, 3.63) is 65.0 Å². The summed E-state index contributed by atoms with van der Waals surface area (Å²) in [4.78, 5) is 0. The molecule has 0 atom stereocenters. The zero-order valence-corrected chi connectivity index (χ0v) is 17.2. The van der Waals surface area contributed by atoms with Crippen molar-refractivity contribution in [2.24, 2.45) is 0 Å². The molecule has 1 N–H and O–H groups in total. The first-order valence-electron chi connectivity index (χ1n) is 9.03. The number of nitrogens with one attached hydrogen (secondary N) is 1. The molecule has 1 heterocycles. The number of anilines is 1. The van der Waals surface area contributed by atoms with Crippen LogP contribution in [0.3, 0.4) is 0 Å². The minimum absolute atomic E-state index is 0.103. The first kappa shape index (κ1) is 20.8. The van der Waals surface area contributed by atoms with E-state index in [9.17, 15) is 21.2 Å². The van der Waals surface area contributed by atoms with Gasteiger partial charge in [-0.3, -0.25) is 4.72 Å². The first-order chi connectivity index (χ1) is 13.2. The Bertz CT molecular complexity index is 1050. The zero-order valence-electron chi connectivity index (χ0n) is 15.6. The number of nitrogens with zero attached hydrogens (tertiary/aromatic N) is 1. The molecule has 0 aromatic heterocycles. The van der Waals surface area contributed by atoms with Crippen molar-refractivity contribution in [1.82, 2.24) is 4.31 Å². The van der Waals surface area contributed by atoms with E-state index in [4.69, 9.17) is 0 Å². The molecule has 0 amide bonds. The zero-order chi connectivity index (χ0) is 20.4. The maximum Gasteiger partial charge on any atom is 0.236 e. The summed E-state index contributed by atoms with van der Waals surface area (Å²) in [5.74, 6) is -0.598. The summed E-state index contributed by atoms with van der Waals surface area (Å²) < 4.78 is 66.4. The van der Waals surface area contributed by atoms with Crippen LogP contribution < -0.4 is 4.72 Å². The van der Waals surface area contributed by atoms with Gasteiger partial charge in [-0.05, 0) is 53.8 Å². The number of rotatable bonds is 7. The van der Waals surface area contributed by atoms with Gasteiger partial charge in [0.2, 0.25) is 20.0 Å². The van der Waals surface area contributed by atoms with Crippen LogP contribution in [0.1, 0.15) is 30.0 Å². The van der Waals surface area contributed by atoms with Crippen molar-refractivity contribution >= 4 is 25.7 Å². The summed E-state index contributed by atoms with van der Waals surface area (Å²) in [6, 6.07) is 10.5. The van der Waals surface area contributed by atoms with Crippen molar-refractivity contribution in [2.45, 2.75) is 32.1 Å². The van der Waals surface area contributed by atoms with Crippen LogP contribution in [-0.4, -0.2) is 33.4 Å². The summed E-state index contributed by atoms with van der Waals surface area (Å²) in [5, 5.41) is 0.